The summed E-state index contributed by atoms with van der Waals surface area (Å²) >= 11 is 0. The Bertz CT molecular complexity index is 452. The quantitative estimate of drug-likeness (QED) is 0.756. The Morgan fingerprint density at radius 1 is 1.19 bits per heavy atom. The maximum Gasteiger partial charge on any atom is 0.432 e. The highest BCUT2D eigenvalue weighted by atomic mass is 19.4. The Labute approximate surface area is 123 Å². The largest absolute Gasteiger partial charge is 0.432 e. The van der Waals surface area contributed by atoms with Crippen LogP contribution < -0.4 is 11.5 Å². The van der Waals surface area contributed by atoms with Gasteiger partial charge in [0.2, 0.25) is 0 Å². The smallest absolute Gasteiger partial charge is 0.338 e. The maximum atomic E-state index is 12.5. The Morgan fingerprint density at radius 3 is 2.14 bits per heavy atom. The molecule has 122 valence electrons. The number of hydrogen-bond donors (Lipinski definition) is 3. The number of aryl methyl sites for hydroxylation is 1. The fourth-order valence-corrected chi connectivity index (χ4v) is 2.32. The van der Waals surface area contributed by atoms with Crippen molar-refractivity contribution in [3.63, 3.8) is 0 Å². The zero-order valence-corrected chi connectivity index (χ0v) is 13.0. The molecule has 0 saturated carbocycles. The monoisotopic (exact) mass is 306 g/mol. The van der Waals surface area contributed by atoms with Crippen molar-refractivity contribution in [1.82, 2.24) is 9.97 Å². The van der Waals surface area contributed by atoms with E-state index >= 15 is 0 Å². The number of aromatic nitrogens is 2. The van der Waals surface area contributed by atoms with Crippen LogP contribution in [0.4, 0.5) is 13.2 Å². The zero-order valence-electron chi connectivity index (χ0n) is 13.0. The van der Waals surface area contributed by atoms with Gasteiger partial charge in [-0.2, -0.15) is 13.2 Å². The predicted molar refractivity (Wildman–Crippen MR) is 76.6 cm³/mol. The summed E-state index contributed by atoms with van der Waals surface area (Å²) in [5.74, 6) is 0.420. The van der Waals surface area contributed by atoms with Crippen LogP contribution in [0.5, 0.6) is 0 Å². The van der Waals surface area contributed by atoms with E-state index in [1.54, 1.807) is 0 Å². The van der Waals surface area contributed by atoms with Gasteiger partial charge in [0, 0.05) is 17.5 Å². The molecular formula is C14H25F3N4. The molecule has 0 fully saturated rings. The van der Waals surface area contributed by atoms with Crippen molar-refractivity contribution in [3.8, 4) is 0 Å². The summed E-state index contributed by atoms with van der Waals surface area (Å²) < 4.78 is 37.5. The van der Waals surface area contributed by atoms with Crippen LogP contribution in [0, 0.1) is 5.92 Å². The van der Waals surface area contributed by atoms with Gasteiger partial charge >= 0.3 is 6.18 Å². The number of H-pyrrole nitrogens is 1. The molecule has 4 nitrogen and oxygen atoms in total. The molecule has 0 aliphatic rings. The third-order valence-corrected chi connectivity index (χ3v) is 3.49. The molecule has 21 heavy (non-hydrogen) atoms. The van der Waals surface area contributed by atoms with Crippen molar-refractivity contribution in [1.29, 1.82) is 0 Å². The van der Waals surface area contributed by atoms with Crippen LogP contribution in [0.1, 0.15) is 52.1 Å². The van der Waals surface area contributed by atoms with Crippen molar-refractivity contribution in [3.05, 3.63) is 17.7 Å². The number of nitrogens with one attached hydrogen (secondary N) is 1. The minimum atomic E-state index is -4.39. The molecule has 7 heteroatoms. The standard InChI is InChI=1S/C14H25F3N4/c1-12(2,18)7-9(13(3,4)19)5-6-11-20-8-10(21-11)14(15,16)17/h8-9H,5-7,18-19H2,1-4H3,(H,20,21). The van der Waals surface area contributed by atoms with Crippen molar-refractivity contribution in [2.45, 2.75) is 64.2 Å². The second kappa shape index (κ2) is 5.96. The number of alkyl halides is 3. The van der Waals surface area contributed by atoms with Crippen LogP contribution in [0.15, 0.2) is 6.20 Å². The summed E-state index contributed by atoms with van der Waals surface area (Å²) in [4.78, 5) is 6.10. The fourth-order valence-electron chi connectivity index (χ4n) is 2.32. The topological polar surface area (TPSA) is 80.7 Å². The SMILES string of the molecule is CC(C)(N)CC(CCc1ncc(C(F)(F)F)[nH]1)C(C)(C)N. The first-order valence-corrected chi connectivity index (χ1v) is 6.98. The summed E-state index contributed by atoms with van der Waals surface area (Å²) in [5.41, 5.74) is 10.6. The average molecular weight is 306 g/mol. The van der Waals surface area contributed by atoms with Gasteiger partial charge < -0.3 is 16.5 Å². The van der Waals surface area contributed by atoms with Crippen LogP contribution in [-0.2, 0) is 12.6 Å². The summed E-state index contributed by atoms with van der Waals surface area (Å²) in [5, 5.41) is 0. The van der Waals surface area contributed by atoms with E-state index in [0.29, 0.717) is 25.1 Å². The molecule has 0 bridgehead atoms. The molecular weight excluding hydrogens is 281 g/mol. The molecule has 1 rings (SSSR count). The average Bonchev–Trinajstić information content (AvgIpc) is 2.69. The minimum Gasteiger partial charge on any atom is -0.338 e. The maximum absolute atomic E-state index is 12.5. The van der Waals surface area contributed by atoms with Gasteiger partial charge in [0.1, 0.15) is 11.5 Å². The number of nitrogens with two attached hydrogens (primary N) is 2. The van der Waals surface area contributed by atoms with Crippen molar-refractivity contribution in [2.24, 2.45) is 17.4 Å². The molecule has 0 aliphatic carbocycles. The molecule has 0 amide bonds. The Hall–Kier alpha value is -1.08. The first kappa shape index (κ1) is 18.0. The van der Waals surface area contributed by atoms with E-state index in [0.717, 1.165) is 6.20 Å². The van der Waals surface area contributed by atoms with Crippen LogP contribution in [0.3, 0.4) is 0 Å². The van der Waals surface area contributed by atoms with E-state index in [1.807, 2.05) is 27.7 Å². The van der Waals surface area contributed by atoms with Crippen LogP contribution >= 0.6 is 0 Å². The highest BCUT2D eigenvalue weighted by Crippen LogP contribution is 2.29. The Balaban J connectivity index is 2.71. The highest BCUT2D eigenvalue weighted by molar-refractivity contribution is 5.05. The molecule has 0 radical (unpaired) electrons. The summed E-state index contributed by atoms with van der Waals surface area (Å²) in [6.07, 6.45) is -1.82. The van der Waals surface area contributed by atoms with E-state index in [9.17, 15) is 13.2 Å². The second-order valence-electron chi connectivity index (χ2n) is 6.99. The lowest BCUT2D eigenvalue weighted by molar-refractivity contribution is -0.140. The summed E-state index contributed by atoms with van der Waals surface area (Å²) in [6.45, 7) is 7.65. The van der Waals surface area contributed by atoms with Gasteiger partial charge in [-0.15, -0.1) is 0 Å². The number of halogens is 3. The van der Waals surface area contributed by atoms with E-state index < -0.39 is 17.4 Å². The molecule has 1 unspecified atom stereocenters. The molecule has 1 aromatic heterocycles. The van der Waals surface area contributed by atoms with Gasteiger partial charge in [-0.05, 0) is 46.5 Å². The highest BCUT2D eigenvalue weighted by Gasteiger charge is 2.33. The minimum absolute atomic E-state index is 0.0944. The van der Waals surface area contributed by atoms with Gasteiger partial charge in [-0.3, -0.25) is 0 Å². The lowest BCUT2D eigenvalue weighted by Crippen LogP contribution is -2.46. The number of hydrogen-bond acceptors (Lipinski definition) is 3. The third kappa shape index (κ3) is 6.05. The number of imidazole rings is 1. The predicted octanol–water partition coefficient (Wildman–Crippen LogP) is 2.84. The van der Waals surface area contributed by atoms with Gasteiger partial charge in [0.25, 0.3) is 0 Å². The van der Waals surface area contributed by atoms with Crippen molar-refractivity contribution < 1.29 is 13.2 Å². The number of nitrogens with zero attached hydrogens (tertiary/aromatic N) is 1. The molecule has 0 aliphatic heterocycles. The molecule has 1 atom stereocenters. The Kier molecular flexibility index (Phi) is 5.10. The first-order valence-electron chi connectivity index (χ1n) is 6.98. The molecule has 0 aromatic carbocycles. The van der Waals surface area contributed by atoms with E-state index in [-0.39, 0.29) is 11.5 Å². The fraction of sp³-hybridized carbons (Fsp3) is 0.786. The third-order valence-electron chi connectivity index (χ3n) is 3.49. The van der Waals surface area contributed by atoms with E-state index in [1.165, 1.54) is 0 Å². The summed E-state index contributed by atoms with van der Waals surface area (Å²) in [7, 11) is 0. The van der Waals surface area contributed by atoms with Crippen molar-refractivity contribution >= 4 is 0 Å². The van der Waals surface area contributed by atoms with Gasteiger partial charge in [0.05, 0.1) is 6.20 Å². The van der Waals surface area contributed by atoms with Gasteiger partial charge in [0.15, 0.2) is 0 Å². The summed E-state index contributed by atoms with van der Waals surface area (Å²) in [6, 6.07) is 0. The molecule has 1 aromatic rings. The van der Waals surface area contributed by atoms with E-state index in [4.69, 9.17) is 11.5 Å². The van der Waals surface area contributed by atoms with Crippen LogP contribution in [-0.4, -0.2) is 21.0 Å². The molecule has 1 heterocycles. The van der Waals surface area contributed by atoms with E-state index in [2.05, 4.69) is 9.97 Å². The normalized spacial score (nSPS) is 15.3. The molecule has 0 saturated heterocycles. The molecule has 5 N–H and O–H groups in total. The molecule has 0 spiro atoms. The van der Waals surface area contributed by atoms with Gasteiger partial charge in [-0.25, -0.2) is 4.98 Å². The number of aromatic amines is 1. The second-order valence-corrected chi connectivity index (χ2v) is 6.99. The van der Waals surface area contributed by atoms with Crippen molar-refractivity contribution in [2.75, 3.05) is 0 Å². The van der Waals surface area contributed by atoms with Gasteiger partial charge in [-0.1, -0.05) is 0 Å². The lowest BCUT2D eigenvalue weighted by atomic mass is 9.77. The Morgan fingerprint density at radius 2 is 1.76 bits per heavy atom. The first-order chi connectivity index (χ1) is 9.29. The zero-order chi connectivity index (χ0) is 16.5. The van der Waals surface area contributed by atoms with Crippen LogP contribution in [0.2, 0.25) is 0 Å². The lowest BCUT2D eigenvalue weighted by Gasteiger charge is -2.35. The van der Waals surface area contributed by atoms with Crippen LogP contribution in [0.25, 0.3) is 0 Å². The number of rotatable bonds is 6.